The predicted octanol–water partition coefficient (Wildman–Crippen LogP) is 4.88. The highest BCUT2D eigenvalue weighted by molar-refractivity contribution is 7.89. The molecule has 174 valence electrons. The van der Waals surface area contributed by atoms with E-state index in [1.54, 1.807) is 31.2 Å². The second-order valence-corrected chi connectivity index (χ2v) is 9.82. The number of ether oxygens (including phenoxy) is 1. The first kappa shape index (κ1) is 24.8. The minimum absolute atomic E-state index is 0.0632. The Hall–Kier alpha value is -2.87. The van der Waals surface area contributed by atoms with Crippen LogP contribution in [0, 0.1) is 13.8 Å². The molecular weight excluding hydrogens is 460 g/mol. The first-order valence-electron chi connectivity index (χ1n) is 10.6. The van der Waals surface area contributed by atoms with Gasteiger partial charge in [-0.15, -0.1) is 0 Å². The zero-order valence-corrected chi connectivity index (χ0v) is 20.3. The van der Waals surface area contributed by atoms with Gasteiger partial charge in [0, 0.05) is 10.7 Å². The standard InChI is InChI=1S/C25H27ClN2O4S/c1-4-32-24-13-12-21(14-18(24)3)33(30,31)28-23(15-19-8-6-5-7-9-19)25(29)27-22-16-20(26)11-10-17(22)2/h5-14,16,23,28H,4,15H2,1-3H3,(H,27,29). The maximum absolute atomic E-state index is 13.2. The number of aryl methyl sites for hydroxylation is 2. The number of anilines is 1. The summed E-state index contributed by atoms with van der Waals surface area (Å²) < 4.78 is 34.4. The number of nitrogens with one attached hydrogen (secondary N) is 2. The maximum atomic E-state index is 13.2. The topological polar surface area (TPSA) is 84.5 Å². The fourth-order valence-corrected chi connectivity index (χ4v) is 4.80. The van der Waals surface area contributed by atoms with Gasteiger partial charge in [0.2, 0.25) is 15.9 Å². The van der Waals surface area contributed by atoms with Crippen molar-refractivity contribution >= 4 is 33.2 Å². The first-order valence-corrected chi connectivity index (χ1v) is 12.4. The van der Waals surface area contributed by atoms with Gasteiger partial charge in [0.1, 0.15) is 11.8 Å². The monoisotopic (exact) mass is 486 g/mol. The van der Waals surface area contributed by atoms with Crippen molar-refractivity contribution in [3.05, 3.63) is 88.4 Å². The molecule has 0 saturated carbocycles. The van der Waals surface area contributed by atoms with Crippen molar-refractivity contribution in [2.75, 3.05) is 11.9 Å². The molecule has 2 N–H and O–H groups in total. The fraction of sp³-hybridized carbons (Fsp3) is 0.240. The largest absolute Gasteiger partial charge is 0.494 e. The molecule has 1 unspecified atom stereocenters. The van der Waals surface area contributed by atoms with Crippen LogP contribution in [0.25, 0.3) is 0 Å². The van der Waals surface area contributed by atoms with Crippen LogP contribution in [0.4, 0.5) is 5.69 Å². The molecule has 0 aromatic heterocycles. The molecule has 0 saturated heterocycles. The summed E-state index contributed by atoms with van der Waals surface area (Å²) in [7, 11) is -3.98. The summed E-state index contributed by atoms with van der Waals surface area (Å²) in [5, 5.41) is 3.29. The van der Waals surface area contributed by atoms with Gasteiger partial charge in [-0.1, -0.05) is 48.0 Å². The van der Waals surface area contributed by atoms with Crippen LogP contribution in [-0.4, -0.2) is 27.0 Å². The van der Waals surface area contributed by atoms with Gasteiger partial charge in [-0.2, -0.15) is 4.72 Å². The van der Waals surface area contributed by atoms with Crippen LogP contribution in [0.2, 0.25) is 5.02 Å². The maximum Gasteiger partial charge on any atom is 0.242 e. The normalized spacial score (nSPS) is 12.2. The zero-order valence-electron chi connectivity index (χ0n) is 18.8. The summed E-state index contributed by atoms with van der Waals surface area (Å²) in [5.74, 6) is 0.141. The molecule has 0 aliphatic carbocycles. The number of carbonyl (C=O) groups is 1. The van der Waals surface area contributed by atoms with Gasteiger partial charge < -0.3 is 10.1 Å². The van der Waals surface area contributed by atoms with E-state index in [2.05, 4.69) is 10.0 Å². The number of sulfonamides is 1. The van der Waals surface area contributed by atoms with Crippen LogP contribution < -0.4 is 14.8 Å². The Kier molecular flexibility index (Phi) is 8.13. The van der Waals surface area contributed by atoms with Crippen LogP contribution in [-0.2, 0) is 21.2 Å². The molecule has 3 rings (SSSR count). The van der Waals surface area contributed by atoms with Crippen molar-refractivity contribution in [3.8, 4) is 5.75 Å². The third-order valence-corrected chi connectivity index (χ3v) is 6.82. The van der Waals surface area contributed by atoms with Crippen LogP contribution in [0.5, 0.6) is 5.75 Å². The Morgan fingerprint density at radius 3 is 2.39 bits per heavy atom. The fourth-order valence-electron chi connectivity index (χ4n) is 3.35. The number of amides is 1. The third-order valence-electron chi connectivity index (χ3n) is 5.11. The first-order chi connectivity index (χ1) is 15.7. The van der Waals surface area contributed by atoms with Gasteiger partial charge >= 0.3 is 0 Å². The van der Waals surface area contributed by atoms with Crippen molar-refractivity contribution in [3.63, 3.8) is 0 Å². The van der Waals surface area contributed by atoms with Crippen molar-refractivity contribution in [1.82, 2.24) is 4.72 Å². The van der Waals surface area contributed by atoms with Crippen molar-refractivity contribution < 1.29 is 17.9 Å². The molecule has 8 heteroatoms. The molecule has 0 aliphatic heterocycles. The number of halogens is 1. The Morgan fingerprint density at radius 2 is 1.73 bits per heavy atom. The van der Waals surface area contributed by atoms with Gasteiger partial charge in [0.25, 0.3) is 0 Å². The Bertz CT molecular complexity index is 1230. The molecule has 1 atom stereocenters. The molecule has 1 amide bonds. The SMILES string of the molecule is CCOc1ccc(S(=O)(=O)NC(Cc2ccccc2)C(=O)Nc2cc(Cl)ccc2C)cc1C. The lowest BCUT2D eigenvalue weighted by Gasteiger charge is -2.20. The van der Waals surface area contributed by atoms with E-state index in [0.29, 0.717) is 28.6 Å². The second kappa shape index (κ2) is 10.8. The van der Waals surface area contributed by atoms with E-state index in [1.807, 2.05) is 44.2 Å². The van der Waals surface area contributed by atoms with E-state index < -0.39 is 22.0 Å². The quantitative estimate of drug-likeness (QED) is 0.451. The van der Waals surface area contributed by atoms with Crippen molar-refractivity contribution in [1.29, 1.82) is 0 Å². The molecule has 0 bridgehead atoms. The van der Waals surface area contributed by atoms with Crippen LogP contribution >= 0.6 is 11.6 Å². The lowest BCUT2D eigenvalue weighted by Crippen LogP contribution is -2.45. The molecule has 3 aromatic carbocycles. The number of hydrogen-bond donors (Lipinski definition) is 2. The minimum Gasteiger partial charge on any atom is -0.494 e. The molecule has 0 radical (unpaired) electrons. The van der Waals surface area contributed by atoms with Gasteiger partial charge in [-0.05, 0) is 74.2 Å². The van der Waals surface area contributed by atoms with Crippen molar-refractivity contribution in [2.45, 2.75) is 38.1 Å². The number of rotatable bonds is 9. The molecule has 3 aromatic rings. The smallest absolute Gasteiger partial charge is 0.242 e. The Labute approximate surface area is 200 Å². The molecule has 0 fully saturated rings. The molecule has 0 aliphatic rings. The van der Waals surface area contributed by atoms with Gasteiger partial charge in [-0.3, -0.25) is 4.79 Å². The Morgan fingerprint density at radius 1 is 1.00 bits per heavy atom. The molecule has 6 nitrogen and oxygen atoms in total. The lowest BCUT2D eigenvalue weighted by molar-refractivity contribution is -0.117. The lowest BCUT2D eigenvalue weighted by atomic mass is 10.1. The van der Waals surface area contributed by atoms with E-state index in [9.17, 15) is 13.2 Å². The van der Waals surface area contributed by atoms with E-state index in [0.717, 1.165) is 11.1 Å². The average Bonchev–Trinajstić information content (AvgIpc) is 2.78. The summed E-state index contributed by atoms with van der Waals surface area (Å²) >= 11 is 6.07. The highest BCUT2D eigenvalue weighted by Crippen LogP contribution is 2.23. The summed E-state index contributed by atoms with van der Waals surface area (Å²) in [5.41, 5.74) is 2.86. The van der Waals surface area contributed by atoms with Crippen LogP contribution in [0.3, 0.4) is 0 Å². The highest BCUT2D eigenvalue weighted by Gasteiger charge is 2.27. The van der Waals surface area contributed by atoms with Gasteiger partial charge in [0.05, 0.1) is 11.5 Å². The van der Waals surface area contributed by atoms with Crippen molar-refractivity contribution in [2.24, 2.45) is 0 Å². The van der Waals surface area contributed by atoms with Gasteiger partial charge in [0.15, 0.2) is 0 Å². The molecule has 0 spiro atoms. The van der Waals surface area contributed by atoms with Crippen LogP contribution in [0.15, 0.2) is 71.6 Å². The summed E-state index contributed by atoms with van der Waals surface area (Å²) in [6.45, 7) is 5.96. The third kappa shape index (κ3) is 6.57. The number of benzene rings is 3. The summed E-state index contributed by atoms with van der Waals surface area (Å²) in [6.07, 6.45) is 0.182. The predicted molar refractivity (Wildman–Crippen MR) is 131 cm³/mol. The van der Waals surface area contributed by atoms with E-state index in [-0.39, 0.29) is 11.3 Å². The van der Waals surface area contributed by atoms with E-state index >= 15 is 0 Å². The van der Waals surface area contributed by atoms with Gasteiger partial charge in [-0.25, -0.2) is 8.42 Å². The Balaban J connectivity index is 1.89. The highest BCUT2D eigenvalue weighted by atomic mass is 35.5. The molecule has 33 heavy (non-hydrogen) atoms. The van der Waals surface area contributed by atoms with E-state index in [1.165, 1.54) is 12.1 Å². The minimum atomic E-state index is -3.98. The zero-order chi connectivity index (χ0) is 24.0. The van der Waals surface area contributed by atoms with Crippen LogP contribution in [0.1, 0.15) is 23.6 Å². The second-order valence-electron chi connectivity index (χ2n) is 7.67. The summed E-state index contributed by atoms with van der Waals surface area (Å²) in [4.78, 5) is 13.3. The summed E-state index contributed by atoms with van der Waals surface area (Å²) in [6, 6.07) is 18.0. The van der Waals surface area contributed by atoms with E-state index in [4.69, 9.17) is 16.3 Å². The average molecular weight is 487 g/mol. The molecular formula is C25H27ClN2O4S. The number of hydrogen-bond acceptors (Lipinski definition) is 4. The molecule has 0 heterocycles. The number of carbonyl (C=O) groups excluding carboxylic acids is 1.